The van der Waals surface area contributed by atoms with Crippen molar-refractivity contribution in [2.75, 3.05) is 6.54 Å². The van der Waals surface area contributed by atoms with Gasteiger partial charge in [-0.1, -0.05) is 13.8 Å². The third kappa shape index (κ3) is 2.06. The first-order valence-corrected chi connectivity index (χ1v) is 4.20. The summed E-state index contributed by atoms with van der Waals surface area (Å²) in [4.78, 5) is 21.8. The predicted molar refractivity (Wildman–Crippen MR) is 45.6 cm³/mol. The number of carbonyl (C=O) groups is 2. The maximum absolute atomic E-state index is 11.3. The minimum absolute atomic E-state index is 0.00167. The molecule has 1 aliphatic rings. The Hall–Kier alpha value is -0.860. The fraction of sp³-hybridized carbons (Fsp3) is 0.778. The van der Waals surface area contributed by atoms with Crippen LogP contribution in [-0.4, -0.2) is 18.2 Å². The summed E-state index contributed by atoms with van der Waals surface area (Å²) in [6.07, 6.45) is 0.941. The number of hydrogen-bond acceptors (Lipinski definition) is 2. The summed E-state index contributed by atoms with van der Waals surface area (Å²) in [6.45, 7) is 5.76. The number of hydrogen-bond donors (Lipinski definition) is 1. The number of ketones is 1. The van der Waals surface area contributed by atoms with Crippen LogP contribution in [0.15, 0.2) is 0 Å². The third-order valence-corrected chi connectivity index (χ3v) is 2.34. The Labute approximate surface area is 72.5 Å². The zero-order valence-corrected chi connectivity index (χ0v) is 7.81. The van der Waals surface area contributed by atoms with Crippen LogP contribution < -0.4 is 5.32 Å². The molecular formula is C9H15NO2. The first-order chi connectivity index (χ1) is 5.43. The zero-order valence-electron chi connectivity index (χ0n) is 7.81. The van der Waals surface area contributed by atoms with E-state index < -0.39 is 0 Å². The van der Waals surface area contributed by atoms with Crippen molar-refractivity contribution in [3.8, 4) is 0 Å². The molecule has 3 nitrogen and oxygen atoms in total. The molecule has 68 valence electrons. The lowest BCUT2D eigenvalue weighted by Gasteiger charge is -2.03. The van der Waals surface area contributed by atoms with E-state index in [0.29, 0.717) is 0 Å². The van der Waals surface area contributed by atoms with Gasteiger partial charge in [-0.05, 0) is 18.8 Å². The van der Waals surface area contributed by atoms with Gasteiger partial charge in [-0.3, -0.25) is 9.59 Å². The van der Waals surface area contributed by atoms with Gasteiger partial charge in [0.15, 0.2) is 0 Å². The molecule has 0 saturated heterocycles. The molecule has 0 radical (unpaired) electrons. The van der Waals surface area contributed by atoms with Crippen LogP contribution in [0.25, 0.3) is 0 Å². The molecule has 1 N–H and O–H groups in total. The fourth-order valence-corrected chi connectivity index (χ4v) is 1.25. The molecule has 1 amide bonds. The highest BCUT2D eigenvalue weighted by atomic mass is 16.2. The highest BCUT2D eigenvalue weighted by Crippen LogP contribution is 2.51. The quantitative estimate of drug-likeness (QED) is 0.677. The average Bonchev–Trinajstić information content (AvgIpc) is 2.55. The SMILES string of the molecule is CC(=O)CNC(=O)C1CC1(C)C. The minimum Gasteiger partial charge on any atom is -0.349 e. The Kier molecular flexibility index (Phi) is 2.22. The van der Waals surface area contributed by atoms with Gasteiger partial charge in [0.2, 0.25) is 5.91 Å². The molecule has 0 aromatic rings. The molecule has 1 rings (SSSR count). The maximum Gasteiger partial charge on any atom is 0.224 e. The lowest BCUT2D eigenvalue weighted by molar-refractivity contribution is -0.125. The Morgan fingerprint density at radius 1 is 1.50 bits per heavy atom. The molecule has 12 heavy (non-hydrogen) atoms. The van der Waals surface area contributed by atoms with E-state index in [1.54, 1.807) is 0 Å². The third-order valence-electron chi connectivity index (χ3n) is 2.34. The molecule has 0 bridgehead atoms. The molecule has 1 fully saturated rings. The zero-order chi connectivity index (χ0) is 9.35. The number of nitrogens with one attached hydrogen (secondary N) is 1. The summed E-state index contributed by atoms with van der Waals surface area (Å²) in [6, 6.07) is 0. The lowest BCUT2D eigenvalue weighted by atomic mass is 10.1. The summed E-state index contributed by atoms with van der Waals surface area (Å²) in [7, 11) is 0. The van der Waals surface area contributed by atoms with Crippen molar-refractivity contribution < 1.29 is 9.59 Å². The minimum atomic E-state index is 0.00167. The smallest absolute Gasteiger partial charge is 0.224 e. The monoisotopic (exact) mass is 169 g/mol. The van der Waals surface area contributed by atoms with E-state index in [-0.39, 0.29) is 29.6 Å². The van der Waals surface area contributed by atoms with Crippen molar-refractivity contribution in [3.05, 3.63) is 0 Å². The molecule has 1 unspecified atom stereocenters. The van der Waals surface area contributed by atoms with Crippen molar-refractivity contribution >= 4 is 11.7 Å². The summed E-state index contributed by atoms with van der Waals surface area (Å²) < 4.78 is 0. The van der Waals surface area contributed by atoms with E-state index in [0.717, 1.165) is 6.42 Å². The van der Waals surface area contributed by atoms with Crippen molar-refractivity contribution in [3.63, 3.8) is 0 Å². The van der Waals surface area contributed by atoms with Gasteiger partial charge >= 0.3 is 0 Å². The van der Waals surface area contributed by atoms with Gasteiger partial charge in [0, 0.05) is 5.92 Å². The van der Waals surface area contributed by atoms with E-state index in [1.165, 1.54) is 6.92 Å². The first-order valence-electron chi connectivity index (χ1n) is 4.20. The Morgan fingerprint density at radius 2 is 2.00 bits per heavy atom. The Bertz CT molecular complexity index is 221. The average molecular weight is 169 g/mol. The molecule has 1 atom stereocenters. The van der Waals surface area contributed by atoms with Crippen molar-refractivity contribution in [1.29, 1.82) is 0 Å². The molecule has 0 aromatic heterocycles. The molecule has 0 aliphatic heterocycles. The predicted octanol–water partition coefficient (Wildman–Crippen LogP) is 0.738. The highest BCUT2D eigenvalue weighted by Gasteiger charge is 2.50. The lowest BCUT2D eigenvalue weighted by Crippen LogP contribution is -2.30. The summed E-state index contributed by atoms with van der Waals surface area (Å²) >= 11 is 0. The van der Waals surface area contributed by atoms with Gasteiger partial charge in [0.25, 0.3) is 0 Å². The largest absolute Gasteiger partial charge is 0.349 e. The number of carbonyl (C=O) groups excluding carboxylic acids is 2. The Morgan fingerprint density at radius 3 is 2.33 bits per heavy atom. The van der Waals surface area contributed by atoms with Crippen LogP contribution in [0.5, 0.6) is 0 Å². The molecule has 0 heterocycles. The van der Waals surface area contributed by atoms with Crippen molar-refractivity contribution in [2.24, 2.45) is 11.3 Å². The van der Waals surface area contributed by atoms with Crippen LogP contribution in [0.1, 0.15) is 27.2 Å². The van der Waals surface area contributed by atoms with Gasteiger partial charge in [-0.2, -0.15) is 0 Å². The van der Waals surface area contributed by atoms with E-state index in [1.807, 2.05) is 0 Å². The number of amides is 1. The van der Waals surface area contributed by atoms with Crippen LogP contribution in [0.3, 0.4) is 0 Å². The first kappa shape index (κ1) is 9.23. The second-order valence-electron chi connectivity index (χ2n) is 4.17. The van der Waals surface area contributed by atoms with Gasteiger partial charge < -0.3 is 5.32 Å². The van der Waals surface area contributed by atoms with Crippen LogP contribution in [0.4, 0.5) is 0 Å². The van der Waals surface area contributed by atoms with E-state index >= 15 is 0 Å². The number of rotatable bonds is 3. The molecule has 1 saturated carbocycles. The topological polar surface area (TPSA) is 46.2 Å². The summed E-state index contributed by atoms with van der Waals surface area (Å²) in [5.41, 5.74) is 0.154. The van der Waals surface area contributed by atoms with Crippen LogP contribution in [0.2, 0.25) is 0 Å². The second kappa shape index (κ2) is 2.88. The van der Waals surface area contributed by atoms with Gasteiger partial charge in [0.05, 0.1) is 6.54 Å². The second-order valence-corrected chi connectivity index (χ2v) is 4.17. The molecular weight excluding hydrogens is 154 g/mol. The van der Waals surface area contributed by atoms with Crippen LogP contribution in [-0.2, 0) is 9.59 Å². The molecule has 0 aromatic carbocycles. The Balaban J connectivity index is 2.27. The molecule has 1 aliphatic carbocycles. The van der Waals surface area contributed by atoms with Gasteiger partial charge in [-0.25, -0.2) is 0 Å². The summed E-state index contributed by atoms with van der Waals surface area (Å²) in [5, 5.41) is 2.61. The van der Waals surface area contributed by atoms with E-state index in [9.17, 15) is 9.59 Å². The van der Waals surface area contributed by atoms with Crippen LogP contribution >= 0.6 is 0 Å². The standard InChI is InChI=1S/C9H15NO2/c1-6(11)5-10-8(12)7-4-9(7,2)3/h7H,4-5H2,1-3H3,(H,10,12). The fourth-order valence-electron chi connectivity index (χ4n) is 1.25. The van der Waals surface area contributed by atoms with E-state index in [2.05, 4.69) is 19.2 Å². The highest BCUT2D eigenvalue weighted by molar-refractivity contribution is 5.87. The molecule has 0 spiro atoms. The van der Waals surface area contributed by atoms with Crippen LogP contribution in [0, 0.1) is 11.3 Å². The normalized spacial score (nSPS) is 24.8. The molecule has 3 heteroatoms. The summed E-state index contributed by atoms with van der Waals surface area (Å²) in [5.74, 6) is 0.147. The van der Waals surface area contributed by atoms with Crippen molar-refractivity contribution in [1.82, 2.24) is 5.32 Å². The van der Waals surface area contributed by atoms with Crippen molar-refractivity contribution in [2.45, 2.75) is 27.2 Å². The van der Waals surface area contributed by atoms with Gasteiger partial charge in [0.1, 0.15) is 5.78 Å². The van der Waals surface area contributed by atoms with Gasteiger partial charge in [-0.15, -0.1) is 0 Å². The maximum atomic E-state index is 11.3. The number of Topliss-reactive ketones (excluding diaryl/α,β-unsaturated/α-hetero) is 1. The van der Waals surface area contributed by atoms with E-state index in [4.69, 9.17) is 0 Å².